The van der Waals surface area contributed by atoms with E-state index in [9.17, 15) is 4.57 Å². The fourth-order valence-electron chi connectivity index (χ4n) is 4.96. The lowest BCUT2D eigenvalue weighted by Gasteiger charge is -2.38. The molecule has 0 N–H and O–H groups in total. The summed E-state index contributed by atoms with van der Waals surface area (Å²) in [7, 11) is -3.29. The van der Waals surface area contributed by atoms with E-state index >= 15 is 0 Å². The van der Waals surface area contributed by atoms with Crippen LogP contribution in [0.4, 0.5) is 0 Å². The van der Waals surface area contributed by atoms with Crippen LogP contribution in [0.5, 0.6) is 0 Å². The van der Waals surface area contributed by atoms with Crippen molar-refractivity contribution < 1.29 is 9.09 Å². The van der Waals surface area contributed by atoms with Gasteiger partial charge in [0.15, 0.2) is 0 Å². The molecule has 0 amide bonds. The monoisotopic (exact) mass is 458 g/mol. The second-order valence-electron chi connectivity index (χ2n) is 9.68. The Morgan fingerprint density at radius 1 is 0.848 bits per heavy atom. The average molecular weight is 459 g/mol. The molecule has 0 saturated heterocycles. The van der Waals surface area contributed by atoms with Gasteiger partial charge in [0, 0.05) is 11.1 Å². The van der Waals surface area contributed by atoms with Crippen LogP contribution in [0.3, 0.4) is 0 Å². The molecule has 1 saturated carbocycles. The van der Waals surface area contributed by atoms with E-state index < -0.39 is 7.37 Å². The second kappa shape index (κ2) is 10.7. The number of benzene rings is 3. The summed E-state index contributed by atoms with van der Waals surface area (Å²) in [6.07, 6.45) is 3.29. The quantitative estimate of drug-likeness (QED) is 0.334. The van der Waals surface area contributed by atoms with E-state index in [0.29, 0.717) is 17.8 Å². The Kier molecular flexibility index (Phi) is 7.68. The molecule has 0 radical (unpaired) electrons. The highest BCUT2D eigenvalue weighted by Crippen LogP contribution is 2.54. The Morgan fingerprint density at radius 3 is 1.88 bits per heavy atom. The van der Waals surface area contributed by atoms with E-state index in [0.717, 1.165) is 34.8 Å². The molecule has 172 valence electrons. The zero-order chi connectivity index (χ0) is 23.3. The molecule has 1 aliphatic rings. The minimum Gasteiger partial charge on any atom is -0.319 e. The molecular formula is C30H35O2P. The lowest BCUT2D eigenvalue weighted by molar-refractivity contribution is 0.0512. The molecule has 4 rings (SSSR count). The Hall–Kier alpha value is -2.41. The van der Waals surface area contributed by atoms with Crippen LogP contribution >= 0.6 is 7.37 Å². The second-order valence-corrected chi connectivity index (χ2v) is 11.9. The van der Waals surface area contributed by atoms with Gasteiger partial charge in [-0.25, -0.2) is 0 Å². The normalized spacial score (nSPS) is 22.5. The van der Waals surface area contributed by atoms with Gasteiger partial charge in [0.25, 0.3) is 7.37 Å². The molecule has 0 heterocycles. The molecule has 0 bridgehead atoms. The fraction of sp³-hybridized carbons (Fsp3) is 0.333. The van der Waals surface area contributed by atoms with E-state index in [2.05, 4.69) is 45.0 Å². The Bertz CT molecular complexity index is 1050. The molecule has 33 heavy (non-hydrogen) atoms. The third kappa shape index (κ3) is 5.75. The third-order valence-corrected chi connectivity index (χ3v) is 9.04. The van der Waals surface area contributed by atoms with Crippen molar-refractivity contribution in [1.29, 1.82) is 0 Å². The zero-order valence-corrected chi connectivity index (χ0v) is 20.8. The molecule has 4 atom stereocenters. The van der Waals surface area contributed by atoms with Crippen molar-refractivity contribution in [2.75, 3.05) is 0 Å². The van der Waals surface area contributed by atoms with Crippen LogP contribution in [-0.2, 0) is 9.09 Å². The summed E-state index contributed by atoms with van der Waals surface area (Å²) in [4.78, 5) is 0. The molecule has 0 aromatic heterocycles. The smallest absolute Gasteiger partial charge is 0.255 e. The molecular weight excluding hydrogens is 423 g/mol. The minimum atomic E-state index is -3.29. The maximum Gasteiger partial charge on any atom is 0.255 e. The first-order valence-corrected chi connectivity index (χ1v) is 13.8. The predicted molar refractivity (Wildman–Crippen MR) is 140 cm³/mol. The first-order chi connectivity index (χ1) is 16.0. The average Bonchev–Trinajstić information content (AvgIpc) is 2.84. The molecule has 3 aromatic carbocycles. The van der Waals surface area contributed by atoms with Crippen molar-refractivity contribution in [1.82, 2.24) is 0 Å². The van der Waals surface area contributed by atoms with Gasteiger partial charge in [0.1, 0.15) is 0 Å². The Morgan fingerprint density at radius 2 is 1.36 bits per heavy atom. The van der Waals surface area contributed by atoms with Crippen molar-refractivity contribution in [2.45, 2.75) is 46.1 Å². The van der Waals surface area contributed by atoms with Gasteiger partial charge in [-0.1, -0.05) is 106 Å². The van der Waals surface area contributed by atoms with Gasteiger partial charge in [0.2, 0.25) is 0 Å². The highest BCUT2D eigenvalue weighted by Gasteiger charge is 2.37. The fourth-order valence-corrected chi connectivity index (χ4v) is 7.16. The van der Waals surface area contributed by atoms with Crippen molar-refractivity contribution in [3.8, 4) is 0 Å². The summed E-state index contributed by atoms with van der Waals surface area (Å²) in [6.45, 7) is 6.81. The standard InChI is InChI=1S/C30H35O2P/c1-23(2)28-20-19-24(3)21-30(28)32-33(31,27-17-11-6-12-18-27)22-29(25-13-7-4-8-14-25)26-15-9-5-10-16-26/h4-18,22-24,28,30H,19-21H2,1-3H3/t24-,28-,30+,33?/m0/s1. The van der Waals surface area contributed by atoms with Crippen molar-refractivity contribution in [3.63, 3.8) is 0 Å². The molecule has 3 aromatic rings. The highest BCUT2D eigenvalue weighted by atomic mass is 31.2. The van der Waals surface area contributed by atoms with Gasteiger partial charge in [-0.2, -0.15) is 0 Å². The summed E-state index contributed by atoms with van der Waals surface area (Å²) in [5, 5.41) is 0.759. The number of rotatable bonds is 7. The SMILES string of the molecule is CC(C)[C@@H]1CC[C@H](C)C[C@H]1OP(=O)(C=C(c1ccccc1)c1ccccc1)c1ccccc1. The highest BCUT2D eigenvalue weighted by molar-refractivity contribution is 7.70. The Labute approximate surface area is 199 Å². The number of hydrogen-bond acceptors (Lipinski definition) is 2. The molecule has 3 heteroatoms. The molecule has 0 spiro atoms. The first kappa shape index (κ1) is 23.7. The van der Waals surface area contributed by atoms with Crippen LogP contribution in [0.2, 0.25) is 0 Å². The molecule has 1 fully saturated rings. The molecule has 0 aliphatic heterocycles. The van der Waals surface area contributed by atoms with Crippen molar-refractivity contribution in [3.05, 3.63) is 108 Å². The summed E-state index contributed by atoms with van der Waals surface area (Å²) in [5.41, 5.74) is 3.04. The maximum atomic E-state index is 14.8. The maximum absolute atomic E-state index is 14.8. The van der Waals surface area contributed by atoms with E-state index in [1.807, 2.05) is 72.5 Å². The van der Waals surface area contributed by atoms with E-state index in [4.69, 9.17) is 4.52 Å². The minimum absolute atomic E-state index is 0.0103. The number of hydrogen-bond donors (Lipinski definition) is 0. The first-order valence-electron chi connectivity index (χ1n) is 12.1. The summed E-state index contributed by atoms with van der Waals surface area (Å²) >= 11 is 0. The summed E-state index contributed by atoms with van der Waals surface area (Å²) < 4.78 is 21.6. The zero-order valence-electron chi connectivity index (χ0n) is 19.9. The van der Waals surface area contributed by atoms with E-state index in [1.54, 1.807) is 0 Å². The van der Waals surface area contributed by atoms with Crippen LogP contribution < -0.4 is 5.30 Å². The summed E-state index contributed by atoms with van der Waals surface area (Å²) in [5.74, 6) is 3.42. The van der Waals surface area contributed by atoms with Crippen LogP contribution in [0.15, 0.2) is 96.8 Å². The van der Waals surface area contributed by atoms with Gasteiger partial charge in [-0.05, 0) is 59.4 Å². The summed E-state index contributed by atoms with van der Waals surface area (Å²) in [6, 6.07) is 30.2. The van der Waals surface area contributed by atoms with Crippen LogP contribution in [0.1, 0.15) is 51.2 Å². The van der Waals surface area contributed by atoms with Gasteiger partial charge in [-0.15, -0.1) is 0 Å². The molecule has 1 unspecified atom stereocenters. The predicted octanol–water partition coefficient (Wildman–Crippen LogP) is 8.16. The van der Waals surface area contributed by atoms with Crippen LogP contribution in [0.25, 0.3) is 5.57 Å². The van der Waals surface area contributed by atoms with Gasteiger partial charge < -0.3 is 4.52 Å². The van der Waals surface area contributed by atoms with Gasteiger partial charge >= 0.3 is 0 Å². The largest absolute Gasteiger partial charge is 0.319 e. The lowest BCUT2D eigenvalue weighted by Crippen LogP contribution is -2.34. The van der Waals surface area contributed by atoms with E-state index in [1.165, 1.54) is 6.42 Å². The van der Waals surface area contributed by atoms with E-state index in [-0.39, 0.29) is 6.10 Å². The van der Waals surface area contributed by atoms with Gasteiger partial charge in [0.05, 0.1) is 6.10 Å². The van der Waals surface area contributed by atoms with Crippen molar-refractivity contribution >= 4 is 18.2 Å². The topological polar surface area (TPSA) is 26.3 Å². The van der Waals surface area contributed by atoms with Gasteiger partial charge in [-0.3, -0.25) is 4.57 Å². The molecule has 2 nitrogen and oxygen atoms in total. The lowest BCUT2D eigenvalue weighted by atomic mass is 9.75. The van der Waals surface area contributed by atoms with Crippen LogP contribution in [0, 0.1) is 17.8 Å². The Balaban J connectivity index is 1.84. The third-order valence-electron chi connectivity index (χ3n) is 6.84. The van der Waals surface area contributed by atoms with Crippen molar-refractivity contribution in [2.24, 2.45) is 17.8 Å². The van der Waals surface area contributed by atoms with Crippen LogP contribution in [-0.4, -0.2) is 6.10 Å². The molecule has 1 aliphatic carbocycles.